The van der Waals surface area contributed by atoms with Crippen LogP contribution in [0.1, 0.15) is 18.4 Å². The number of benzene rings is 1. The first-order valence-corrected chi connectivity index (χ1v) is 11.1. The van der Waals surface area contributed by atoms with Crippen LogP contribution in [-0.2, 0) is 30.4 Å². The number of carbonyl (C=O) groups excluding carboxylic acids is 3. The molecule has 32 heavy (non-hydrogen) atoms. The predicted octanol–water partition coefficient (Wildman–Crippen LogP) is -1.05. The van der Waals surface area contributed by atoms with Gasteiger partial charge in [0.25, 0.3) is 0 Å². The van der Waals surface area contributed by atoms with E-state index in [-0.39, 0.29) is 12.8 Å². The summed E-state index contributed by atoms with van der Waals surface area (Å²) in [5, 5.41) is 25.5. The number of carboxylic acids is 2. The van der Waals surface area contributed by atoms with Crippen molar-refractivity contribution >= 4 is 41.4 Å². The Labute approximate surface area is 189 Å². The smallest absolute Gasteiger partial charge is 0.326 e. The van der Waals surface area contributed by atoms with Gasteiger partial charge in [-0.05, 0) is 24.0 Å². The van der Waals surface area contributed by atoms with Gasteiger partial charge in [0.2, 0.25) is 17.7 Å². The van der Waals surface area contributed by atoms with E-state index >= 15 is 0 Å². The molecule has 0 aliphatic heterocycles. The second-order valence-electron chi connectivity index (χ2n) is 6.85. The summed E-state index contributed by atoms with van der Waals surface area (Å²) in [7, 11) is 0. The summed E-state index contributed by atoms with van der Waals surface area (Å²) >= 11 is 1.42. The molecule has 0 aromatic heterocycles. The van der Waals surface area contributed by atoms with Crippen LogP contribution in [0, 0.1) is 0 Å². The quantitative estimate of drug-likeness (QED) is 0.198. The van der Waals surface area contributed by atoms with E-state index in [1.807, 2.05) is 0 Å². The fourth-order valence-corrected chi connectivity index (χ4v) is 3.21. The molecule has 0 fully saturated rings. The van der Waals surface area contributed by atoms with Crippen LogP contribution in [0.5, 0.6) is 0 Å². The van der Waals surface area contributed by atoms with Crippen LogP contribution < -0.4 is 21.7 Å². The third kappa shape index (κ3) is 9.79. The lowest BCUT2D eigenvalue weighted by molar-refractivity contribution is -0.143. The Morgan fingerprint density at radius 3 is 2.06 bits per heavy atom. The maximum absolute atomic E-state index is 12.9. The molecule has 0 aliphatic rings. The van der Waals surface area contributed by atoms with Gasteiger partial charge in [-0.15, -0.1) is 0 Å². The monoisotopic (exact) mass is 468 g/mol. The first kappa shape index (κ1) is 26.9. The van der Waals surface area contributed by atoms with Gasteiger partial charge >= 0.3 is 11.9 Å². The Kier molecular flexibility index (Phi) is 11.8. The van der Waals surface area contributed by atoms with Gasteiger partial charge in [-0.3, -0.25) is 19.2 Å². The Balaban J connectivity index is 3.06. The summed E-state index contributed by atoms with van der Waals surface area (Å²) in [6.07, 6.45) is 1.29. The van der Waals surface area contributed by atoms with E-state index in [0.29, 0.717) is 11.3 Å². The molecule has 1 rings (SSSR count). The molecule has 176 valence electrons. The van der Waals surface area contributed by atoms with Gasteiger partial charge in [0.1, 0.15) is 18.1 Å². The Morgan fingerprint density at radius 2 is 1.53 bits per heavy atom. The molecule has 1 aromatic rings. The summed E-state index contributed by atoms with van der Waals surface area (Å²) in [6.45, 7) is -0.451. The van der Waals surface area contributed by atoms with Crippen LogP contribution in [0.2, 0.25) is 0 Å². The van der Waals surface area contributed by atoms with Gasteiger partial charge in [0, 0.05) is 6.42 Å². The maximum atomic E-state index is 12.9. The van der Waals surface area contributed by atoms with Crippen molar-refractivity contribution in [2.45, 2.75) is 37.4 Å². The normalized spacial score (nSPS) is 13.3. The summed E-state index contributed by atoms with van der Waals surface area (Å²) < 4.78 is 0. The predicted molar refractivity (Wildman–Crippen MR) is 118 cm³/mol. The zero-order chi connectivity index (χ0) is 24.1. The van der Waals surface area contributed by atoms with E-state index in [4.69, 9.17) is 10.8 Å². The van der Waals surface area contributed by atoms with Crippen LogP contribution in [0.15, 0.2) is 30.3 Å². The van der Waals surface area contributed by atoms with Crippen molar-refractivity contribution < 1.29 is 34.2 Å². The molecule has 0 bridgehead atoms. The topological polar surface area (TPSA) is 188 Å². The summed E-state index contributed by atoms with van der Waals surface area (Å²) in [5.41, 5.74) is 5.90. The van der Waals surface area contributed by atoms with E-state index in [0.717, 1.165) is 0 Å². The Morgan fingerprint density at radius 1 is 0.938 bits per heavy atom. The van der Waals surface area contributed by atoms with E-state index in [2.05, 4.69) is 16.0 Å². The highest BCUT2D eigenvalue weighted by Crippen LogP contribution is 2.07. The molecule has 7 N–H and O–H groups in total. The summed E-state index contributed by atoms with van der Waals surface area (Å²) in [5.74, 6) is -4.43. The van der Waals surface area contributed by atoms with Crippen LogP contribution in [0.25, 0.3) is 0 Å². The van der Waals surface area contributed by atoms with Crippen molar-refractivity contribution in [3.63, 3.8) is 0 Å². The highest BCUT2D eigenvalue weighted by atomic mass is 32.2. The number of rotatable bonds is 14. The van der Waals surface area contributed by atoms with Crippen LogP contribution in [-0.4, -0.2) is 76.6 Å². The van der Waals surface area contributed by atoms with Crippen molar-refractivity contribution in [2.24, 2.45) is 5.73 Å². The van der Waals surface area contributed by atoms with Gasteiger partial charge < -0.3 is 31.9 Å². The van der Waals surface area contributed by atoms with Gasteiger partial charge in [-0.2, -0.15) is 11.8 Å². The fraction of sp³-hybridized carbons (Fsp3) is 0.450. The molecule has 11 nitrogen and oxygen atoms in total. The first-order chi connectivity index (χ1) is 15.2. The lowest BCUT2D eigenvalue weighted by atomic mass is 10.0. The maximum Gasteiger partial charge on any atom is 0.326 e. The minimum atomic E-state index is -1.46. The van der Waals surface area contributed by atoms with E-state index in [1.165, 1.54) is 11.8 Å². The zero-order valence-corrected chi connectivity index (χ0v) is 18.4. The lowest BCUT2D eigenvalue weighted by Crippen LogP contribution is -2.57. The molecule has 12 heteroatoms. The van der Waals surface area contributed by atoms with Crippen molar-refractivity contribution in [1.82, 2.24) is 16.0 Å². The highest BCUT2D eigenvalue weighted by molar-refractivity contribution is 7.98. The number of aliphatic carboxylic acids is 2. The van der Waals surface area contributed by atoms with Crippen LogP contribution in [0.3, 0.4) is 0 Å². The molecule has 3 atom stereocenters. The van der Waals surface area contributed by atoms with E-state index < -0.39 is 60.8 Å². The molecule has 0 saturated carbocycles. The van der Waals surface area contributed by atoms with Gasteiger partial charge in [0.05, 0.1) is 13.0 Å². The van der Waals surface area contributed by atoms with Crippen molar-refractivity contribution in [2.75, 3.05) is 18.6 Å². The molecule has 0 saturated heterocycles. The number of carboxylic acid groups (broad SMARTS) is 2. The molecular weight excluding hydrogens is 440 g/mol. The number of amides is 3. The average Bonchev–Trinajstić information content (AvgIpc) is 2.75. The number of thioether (sulfide) groups is 1. The van der Waals surface area contributed by atoms with Crippen LogP contribution in [0.4, 0.5) is 0 Å². The molecule has 0 radical (unpaired) electrons. The Hall–Kier alpha value is -3.12. The molecule has 1 aromatic carbocycles. The van der Waals surface area contributed by atoms with Crippen molar-refractivity contribution in [1.29, 1.82) is 0 Å². The third-order valence-electron chi connectivity index (χ3n) is 4.36. The SMILES string of the molecule is CSCCC(NC(=O)C(Cc1ccccc1)NC(=O)C(CC(=O)O)NC(=O)CN)C(=O)O. The number of hydrogen-bond acceptors (Lipinski definition) is 7. The minimum Gasteiger partial charge on any atom is -0.481 e. The summed E-state index contributed by atoms with van der Waals surface area (Å²) in [4.78, 5) is 59.7. The lowest BCUT2D eigenvalue weighted by Gasteiger charge is -2.24. The van der Waals surface area contributed by atoms with E-state index in [1.54, 1.807) is 36.6 Å². The second-order valence-corrected chi connectivity index (χ2v) is 7.84. The van der Waals surface area contributed by atoms with Crippen molar-refractivity contribution in [3.05, 3.63) is 35.9 Å². The highest BCUT2D eigenvalue weighted by Gasteiger charge is 2.30. The number of hydrogen-bond donors (Lipinski definition) is 6. The van der Waals surface area contributed by atoms with Gasteiger partial charge in [0.15, 0.2) is 0 Å². The molecule has 0 spiro atoms. The number of nitrogens with one attached hydrogen (secondary N) is 3. The number of carbonyl (C=O) groups is 5. The molecule has 0 heterocycles. The standard InChI is InChI=1S/C20H28N4O7S/c1-32-8-7-13(20(30)31)23-18(28)14(9-12-5-3-2-4-6-12)24-19(29)15(10-17(26)27)22-16(25)11-21/h2-6,13-15H,7-11,21H2,1H3,(H,22,25)(H,23,28)(H,24,29)(H,26,27)(H,30,31). The molecule has 3 amide bonds. The fourth-order valence-electron chi connectivity index (χ4n) is 2.73. The zero-order valence-electron chi connectivity index (χ0n) is 17.6. The summed E-state index contributed by atoms with van der Waals surface area (Å²) in [6, 6.07) is 4.87. The van der Waals surface area contributed by atoms with Crippen molar-refractivity contribution in [3.8, 4) is 0 Å². The van der Waals surface area contributed by atoms with E-state index in [9.17, 15) is 29.1 Å². The molecule has 0 aliphatic carbocycles. The van der Waals surface area contributed by atoms with Crippen LogP contribution >= 0.6 is 11.8 Å². The largest absolute Gasteiger partial charge is 0.481 e. The first-order valence-electron chi connectivity index (χ1n) is 9.75. The van der Waals surface area contributed by atoms with Gasteiger partial charge in [-0.25, -0.2) is 4.79 Å². The second kappa shape index (κ2) is 14.0. The minimum absolute atomic E-state index is 0.0257. The average molecular weight is 469 g/mol. The third-order valence-corrected chi connectivity index (χ3v) is 5.00. The van der Waals surface area contributed by atoms with Gasteiger partial charge in [-0.1, -0.05) is 30.3 Å². The Bertz CT molecular complexity index is 806. The molecular formula is C20H28N4O7S. The number of nitrogens with two attached hydrogens (primary N) is 1. The molecule has 3 unspecified atom stereocenters.